The normalized spacial score (nSPS) is 10.1. The van der Waals surface area contributed by atoms with E-state index in [2.05, 4.69) is 0 Å². The summed E-state index contributed by atoms with van der Waals surface area (Å²) in [4.78, 5) is 0. The number of ether oxygens (including phenoxy) is 2. The van der Waals surface area contributed by atoms with Gasteiger partial charge in [0.2, 0.25) is 0 Å². The second kappa shape index (κ2) is 5.65. The summed E-state index contributed by atoms with van der Waals surface area (Å²) in [5.74, 6) is 1.50. The maximum Gasteiger partial charge on any atom is 0.120 e. The first-order valence-electron chi connectivity index (χ1n) is 5.50. The number of nitrogen functional groups attached to an aromatic ring is 1. The van der Waals surface area contributed by atoms with Gasteiger partial charge in [-0.25, -0.2) is 0 Å². The Labute approximate surface area is 111 Å². The molecule has 0 aromatic heterocycles. The number of anilines is 1. The van der Waals surface area contributed by atoms with Crippen molar-refractivity contribution in [1.29, 1.82) is 0 Å². The standard InChI is InChI=1S/C14H14ClNO2/c1-17-13-5-2-10(14(16)8-13)9-18-12-6-3-11(15)4-7-12/h2-8H,9,16H2,1H3. The Morgan fingerprint density at radius 3 is 2.33 bits per heavy atom. The first-order chi connectivity index (χ1) is 8.69. The smallest absolute Gasteiger partial charge is 0.120 e. The largest absolute Gasteiger partial charge is 0.497 e. The minimum atomic E-state index is 0.414. The topological polar surface area (TPSA) is 44.5 Å². The molecule has 0 saturated carbocycles. The van der Waals surface area contributed by atoms with Crippen LogP contribution >= 0.6 is 11.6 Å². The summed E-state index contributed by atoms with van der Waals surface area (Å²) < 4.78 is 10.7. The van der Waals surface area contributed by atoms with Gasteiger partial charge in [0.05, 0.1) is 7.11 Å². The van der Waals surface area contributed by atoms with Gasteiger partial charge < -0.3 is 15.2 Å². The third kappa shape index (κ3) is 3.08. The van der Waals surface area contributed by atoms with Crippen molar-refractivity contribution in [2.45, 2.75) is 6.61 Å². The van der Waals surface area contributed by atoms with Crippen molar-refractivity contribution in [1.82, 2.24) is 0 Å². The van der Waals surface area contributed by atoms with Gasteiger partial charge in [-0.2, -0.15) is 0 Å². The van der Waals surface area contributed by atoms with Gasteiger partial charge in [-0.05, 0) is 36.4 Å². The zero-order valence-electron chi connectivity index (χ0n) is 10.0. The predicted molar refractivity (Wildman–Crippen MR) is 73.2 cm³/mol. The molecule has 0 fully saturated rings. The van der Waals surface area contributed by atoms with Crippen LogP contribution in [0.4, 0.5) is 5.69 Å². The third-order valence-corrected chi connectivity index (χ3v) is 2.81. The molecule has 0 heterocycles. The summed E-state index contributed by atoms with van der Waals surface area (Å²) in [6, 6.07) is 12.7. The molecular formula is C14H14ClNO2. The van der Waals surface area contributed by atoms with Crippen molar-refractivity contribution in [3.8, 4) is 11.5 Å². The Bertz CT molecular complexity index is 526. The van der Waals surface area contributed by atoms with Crippen LogP contribution in [0.1, 0.15) is 5.56 Å². The SMILES string of the molecule is COc1ccc(COc2ccc(Cl)cc2)c(N)c1. The van der Waals surface area contributed by atoms with E-state index in [1.807, 2.05) is 24.3 Å². The molecular weight excluding hydrogens is 250 g/mol. The first-order valence-corrected chi connectivity index (χ1v) is 5.87. The molecule has 18 heavy (non-hydrogen) atoms. The lowest BCUT2D eigenvalue weighted by Gasteiger charge is -2.09. The number of halogens is 1. The summed E-state index contributed by atoms with van der Waals surface area (Å²) in [5, 5.41) is 0.686. The third-order valence-electron chi connectivity index (χ3n) is 2.56. The minimum absolute atomic E-state index is 0.414. The lowest BCUT2D eigenvalue weighted by molar-refractivity contribution is 0.306. The van der Waals surface area contributed by atoms with Crippen LogP contribution in [-0.4, -0.2) is 7.11 Å². The molecule has 94 valence electrons. The van der Waals surface area contributed by atoms with Gasteiger partial charge in [-0.15, -0.1) is 0 Å². The highest BCUT2D eigenvalue weighted by Gasteiger charge is 2.02. The van der Waals surface area contributed by atoms with E-state index in [1.54, 1.807) is 25.3 Å². The van der Waals surface area contributed by atoms with Crippen molar-refractivity contribution >= 4 is 17.3 Å². The molecule has 0 radical (unpaired) electrons. The van der Waals surface area contributed by atoms with E-state index in [1.165, 1.54) is 0 Å². The maximum atomic E-state index is 5.90. The molecule has 3 nitrogen and oxygen atoms in total. The molecule has 2 aromatic rings. The molecule has 0 aliphatic heterocycles. The van der Waals surface area contributed by atoms with E-state index in [9.17, 15) is 0 Å². The summed E-state index contributed by atoms with van der Waals surface area (Å²) in [6.07, 6.45) is 0. The molecule has 0 saturated heterocycles. The summed E-state index contributed by atoms with van der Waals surface area (Å²) >= 11 is 5.80. The number of nitrogens with two attached hydrogens (primary N) is 1. The lowest BCUT2D eigenvalue weighted by Crippen LogP contribution is -2.00. The van der Waals surface area contributed by atoms with E-state index in [4.69, 9.17) is 26.8 Å². The molecule has 2 rings (SSSR count). The van der Waals surface area contributed by atoms with Crippen LogP contribution in [-0.2, 0) is 6.61 Å². The highest BCUT2D eigenvalue weighted by molar-refractivity contribution is 6.30. The Kier molecular flexibility index (Phi) is 3.95. The molecule has 0 aliphatic rings. The number of benzene rings is 2. The van der Waals surface area contributed by atoms with Crippen molar-refractivity contribution in [2.24, 2.45) is 0 Å². The minimum Gasteiger partial charge on any atom is -0.497 e. The van der Waals surface area contributed by atoms with Crippen molar-refractivity contribution in [3.63, 3.8) is 0 Å². The fourth-order valence-corrected chi connectivity index (χ4v) is 1.65. The van der Waals surface area contributed by atoms with Gasteiger partial charge in [0.15, 0.2) is 0 Å². The van der Waals surface area contributed by atoms with E-state index in [0.717, 1.165) is 17.1 Å². The molecule has 4 heteroatoms. The van der Waals surface area contributed by atoms with Gasteiger partial charge in [-0.3, -0.25) is 0 Å². The van der Waals surface area contributed by atoms with Crippen LogP contribution in [0, 0.1) is 0 Å². The maximum absolute atomic E-state index is 5.90. The highest BCUT2D eigenvalue weighted by Crippen LogP contribution is 2.22. The number of hydrogen-bond acceptors (Lipinski definition) is 3. The summed E-state index contributed by atoms with van der Waals surface area (Å²) in [6.45, 7) is 0.414. The zero-order valence-corrected chi connectivity index (χ0v) is 10.8. The average Bonchev–Trinajstić information content (AvgIpc) is 2.39. The molecule has 0 bridgehead atoms. The number of rotatable bonds is 4. The molecule has 0 atom stereocenters. The van der Waals surface area contributed by atoms with Gasteiger partial charge >= 0.3 is 0 Å². The molecule has 0 amide bonds. The second-order valence-electron chi connectivity index (χ2n) is 3.81. The van der Waals surface area contributed by atoms with Crippen LogP contribution in [0.2, 0.25) is 5.02 Å². The van der Waals surface area contributed by atoms with Crippen LogP contribution in [0.25, 0.3) is 0 Å². The van der Waals surface area contributed by atoms with E-state index >= 15 is 0 Å². The summed E-state index contributed by atoms with van der Waals surface area (Å²) in [7, 11) is 1.61. The van der Waals surface area contributed by atoms with Crippen LogP contribution in [0.3, 0.4) is 0 Å². The Morgan fingerprint density at radius 1 is 1.06 bits per heavy atom. The molecule has 0 spiro atoms. The van der Waals surface area contributed by atoms with Crippen molar-refractivity contribution < 1.29 is 9.47 Å². The Balaban J connectivity index is 2.04. The van der Waals surface area contributed by atoms with E-state index < -0.39 is 0 Å². The van der Waals surface area contributed by atoms with E-state index in [-0.39, 0.29) is 0 Å². The highest BCUT2D eigenvalue weighted by atomic mass is 35.5. The lowest BCUT2D eigenvalue weighted by atomic mass is 10.2. The fourth-order valence-electron chi connectivity index (χ4n) is 1.52. The average molecular weight is 264 g/mol. The number of hydrogen-bond donors (Lipinski definition) is 1. The monoisotopic (exact) mass is 263 g/mol. The molecule has 2 aromatic carbocycles. The number of methoxy groups -OCH3 is 1. The second-order valence-corrected chi connectivity index (χ2v) is 4.24. The Hall–Kier alpha value is -1.87. The zero-order chi connectivity index (χ0) is 13.0. The van der Waals surface area contributed by atoms with Gasteiger partial charge in [0.1, 0.15) is 18.1 Å². The molecule has 0 unspecified atom stereocenters. The summed E-state index contributed by atoms with van der Waals surface area (Å²) in [5.41, 5.74) is 7.48. The van der Waals surface area contributed by atoms with Crippen LogP contribution in [0.15, 0.2) is 42.5 Å². The van der Waals surface area contributed by atoms with Crippen molar-refractivity contribution in [3.05, 3.63) is 53.1 Å². The van der Waals surface area contributed by atoms with E-state index in [0.29, 0.717) is 17.3 Å². The van der Waals surface area contributed by atoms with Crippen molar-refractivity contribution in [2.75, 3.05) is 12.8 Å². The first kappa shape index (κ1) is 12.6. The quantitative estimate of drug-likeness (QED) is 0.859. The molecule has 0 aliphatic carbocycles. The molecule has 2 N–H and O–H groups in total. The Morgan fingerprint density at radius 2 is 1.72 bits per heavy atom. The van der Waals surface area contributed by atoms with Gasteiger partial charge in [0.25, 0.3) is 0 Å². The predicted octanol–water partition coefficient (Wildman–Crippen LogP) is 3.51. The fraction of sp³-hybridized carbons (Fsp3) is 0.143. The van der Waals surface area contributed by atoms with Gasteiger partial charge in [-0.1, -0.05) is 11.6 Å². The van der Waals surface area contributed by atoms with Crippen LogP contribution in [0.5, 0.6) is 11.5 Å². The van der Waals surface area contributed by atoms with Crippen LogP contribution < -0.4 is 15.2 Å². The van der Waals surface area contributed by atoms with Gasteiger partial charge in [0, 0.05) is 22.3 Å².